The number of hydrogen-bond donors (Lipinski definition) is 1. The molecule has 2 rings (SSSR count). The molecule has 1 saturated carbocycles. The zero-order valence-electron chi connectivity index (χ0n) is 12.2. The van der Waals surface area contributed by atoms with Gasteiger partial charge in [-0.1, -0.05) is 25.4 Å². The van der Waals surface area contributed by atoms with Gasteiger partial charge >= 0.3 is 0 Å². The zero-order chi connectivity index (χ0) is 15.0. The smallest absolute Gasteiger partial charge is 0.175 e. The summed E-state index contributed by atoms with van der Waals surface area (Å²) >= 11 is 6.16. The van der Waals surface area contributed by atoms with Gasteiger partial charge in [0.2, 0.25) is 0 Å². The molecule has 0 heterocycles. The second-order valence-electron chi connectivity index (χ2n) is 6.50. The summed E-state index contributed by atoms with van der Waals surface area (Å²) in [4.78, 5) is 0.306. The molecule has 0 aromatic heterocycles. The predicted octanol–water partition coefficient (Wildman–Crippen LogP) is 4.12. The largest absolute Gasteiger partial charge is 0.381 e. The molecule has 0 amide bonds. The fourth-order valence-corrected chi connectivity index (χ4v) is 3.43. The number of anilines is 1. The minimum Gasteiger partial charge on any atom is -0.381 e. The zero-order valence-corrected chi connectivity index (χ0v) is 13.8. The first kappa shape index (κ1) is 15.6. The molecule has 5 heteroatoms. The van der Waals surface area contributed by atoms with Crippen LogP contribution in [0.25, 0.3) is 0 Å². The van der Waals surface area contributed by atoms with Crippen LogP contribution in [-0.4, -0.2) is 20.7 Å². The Balaban J connectivity index is 2.14. The summed E-state index contributed by atoms with van der Waals surface area (Å²) in [6.07, 6.45) is 5.74. The van der Waals surface area contributed by atoms with Crippen molar-refractivity contribution in [2.45, 2.75) is 50.5 Å². The van der Waals surface area contributed by atoms with Gasteiger partial charge < -0.3 is 5.32 Å². The quantitative estimate of drug-likeness (QED) is 0.912. The van der Waals surface area contributed by atoms with Crippen LogP contribution in [0.4, 0.5) is 5.69 Å². The molecular weight excluding hydrogens is 294 g/mol. The summed E-state index contributed by atoms with van der Waals surface area (Å²) < 4.78 is 23.2. The van der Waals surface area contributed by atoms with Gasteiger partial charge in [-0.05, 0) is 49.3 Å². The standard InChI is InChI=1S/C15H22ClNO2S/c1-15(2)8-6-11(7-9-15)17-14-10-12(20(3,18)19)4-5-13(14)16/h4-5,10-11,17H,6-9H2,1-3H3. The minimum atomic E-state index is -3.20. The first-order valence-corrected chi connectivity index (χ1v) is 9.20. The monoisotopic (exact) mass is 315 g/mol. The minimum absolute atomic E-state index is 0.306. The Morgan fingerprint density at radius 3 is 2.40 bits per heavy atom. The molecule has 0 aliphatic heterocycles. The number of benzene rings is 1. The molecule has 1 N–H and O–H groups in total. The highest BCUT2D eigenvalue weighted by Gasteiger charge is 2.27. The van der Waals surface area contributed by atoms with Crippen LogP contribution in [0.5, 0.6) is 0 Å². The van der Waals surface area contributed by atoms with E-state index in [1.807, 2.05) is 0 Å². The molecule has 20 heavy (non-hydrogen) atoms. The van der Waals surface area contributed by atoms with Gasteiger partial charge in [0.15, 0.2) is 9.84 Å². The summed E-state index contributed by atoms with van der Waals surface area (Å²) in [5.41, 5.74) is 1.13. The highest BCUT2D eigenvalue weighted by molar-refractivity contribution is 7.90. The van der Waals surface area contributed by atoms with Crippen LogP contribution in [0.1, 0.15) is 39.5 Å². The third-order valence-corrected chi connectivity index (χ3v) is 5.50. The predicted molar refractivity (Wildman–Crippen MR) is 84.2 cm³/mol. The lowest BCUT2D eigenvalue weighted by Gasteiger charge is -2.35. The highest BCUT2D eigenvalue weighted by atomic mass is 35.5. The summed E-state index contributed by atoms with van der Waals surface area (Å²) in [6.45, 7) is 4.58. The van der Waals surface area contributed by atoms with Crippen LogP contribution in [0.15, 0.2) is 23.1 Å². The Labute approximate surface area is 126 Å². The maximum atomic E-state index is 11.6. The van der Waals surface area contributed by atoms with E-state index < -0.39 is 9.84 Å². The van der Waals surface area contributed by atoms with Gasteiger partial charge in [-0.25, -0.2) is 8.42 Å². The first-order chi connectivity index (χ1) is 9.17. The van der Waals surface area contributed by atoms with Crippen LogP contribution >= 0.6 is 11.6 Å². The molecule has 3 nitrogen and oxygen atoms in total. The molecule has 0 spiro atoms. The third-order valence-electron chi connectivity index (χ3n) is 4.06. The molecule has 0 unspecified atom stereocenters. The molecule has 1 aliphatic rings. The van der Waals surface area contributed by atoms with Crippen molar-refractivity contribution in [3.63, 3.8) is 0 Å². The summed E-state index contributed by atoms with van der Waals surface area (Å²) in [7, 11) is -3.20. The van der Waals surface area contributed by atoms with Crippen molar-refractivity contribution in [3.8, 4) is 0 Å². The van der Waals surface area contributed by atoms with Gasteiger partial charge in [-0.3, -0.25) is 0 Å². The third kappa shape index (κ3) is 3.89. The number of rotatable bonds is 3. The highest BCUT2D eigenvalue weighted by Crippen LogP contribution is 2.37. The molecule has 112 valence electrons. The van der Waals surface area contributed by atoms with E-state index in [-0.39, 0.29) is 0 Å². The Hall–Kier alpha value is -0.740. The Morgan fingerprint density at radius 1 is 1.25 bits per heavy atom. The van der Waals surface area contributed by atoms with E-state index in [0.717, 1.165) is 18.5 Å². The molecule has 0 atom stereocenters. The fraction of sp³-hybridized carbons (Fsp3) is 0.600. The fourth-order valence-electron chi connectivity index (χ4n) is 2.61. The van der Waals surface area contributed by atoms with Crippen molar-refractivity contribution in [1.82, 2.24) is 0 Å². The number of halogens is 1. The van der Waals surface area contributed by atoms with Crippen molar-refractivity contribution >= 4 is 27.1 Å². The second-order valence-corrected chi connectivity index (χ2v) is 8.92. The maximum absolute atomic E-state index is 11.6. The van der Waals surface area contributed by atoms with E-state index in [9.17, 15) is 8.42 Å². The van der Waals surface area contributed by atoms with E-state index in [0.29, 0.717) is 21.4 Å². The Bertz CT molecular complexity index is 586. The van der Waals surface area contributed by atoms with Gasteiger partial charge in [0, 0.05) is 12.3 Å². The van der Waals surface area contributed by atoms with Crippen LogP contribution in [0.2, 0.25) is 5.02 Å². The van der Waals surface area contributed by atoms with E-state index in [4.69, 9.17) is 11.6 Å². The molecule has 0 saturated heterocycles. The van der Waals surface area contributed by atoms with Gasteiger partial charge in [-0.15, -0.1) is 0 Å². The number of hydrogen-bond acceptors (Lipinski definition) is 3. The van der Waals surface area contributed by atoms with Crippen molar-refractivity contribution < 1.29 is 8.42 Å². The Kier molecular flexibility index (Phi) is 4.35. The van der Waals surface area contributed by atoms with Gasteiger partial charge in [0.05, 0.1) is 15.6 Å². The molecule has 1 fully saturated rings. The Morgan fingerprint density at radius 2 is 1.85 bits per heavy atom. The normalized spacial score (nSPS) is 19.8. The SMILES string of the molecule is CC1(C)CCC(Nc2cc(S(C)(=O)=O)ccc2Cl)CC1. The van der Waals surface area contributed by atoms with Crippen molar-refractivity contribution in [2.24, 2.45) is 5.41 Å². The lowest BCUT2D eigenvalue weighted by atomic mass is 9.75. The molecule has 1 aromatic rings. The molecule has 0 radical (unpaired) electrons. The van der Waals surface area contributed by atoms with Gasteiger partial charge in [0.1, 0.15) is 0 Å². The summed E-state index contributed by atoms with van der Waals surface area (Å²) in [6, 6.07) is 5.20. The van der Waals surface area contributed by atoms with E-state index in [2.05, 4.69) is 19.2 Å². The lowest BCUT2D eigenvalue weighted by Crippen LogP contribution is -2.30. The maximum Gasteiger partial charge on any atom is 0.175 e. The van der Waals surface area contributed by atoms with Crippen molar-refractivity contribution in [3.05, 3.63) is 23.2 Å². The average molecular weight is 316 g/mol. The number of nitrogens with one attached hydrogen (secondary N) is 1. The van der Waals surface area contributed by atoms with E-state index in [1.54, 1.807) is 18.2 Å². The molecular formula is C15H22ClNO2S. The first-order valence-electron chi connectivity index (χ1n) is 6.94. The number of sulfone groups is 1. The van der Waals surface area contributed by atoms with E-state index in [1.165, 1.54) is 19.1 Å². The van der Waals surface area contributed by atoms with E-state index >= 15 is 0 Å². The molecule has 0 bridgehead atoms. The topological polar surface area (TPSA) is 46.2 Å². The van der Waals surface area contributed by atoms with Crippen LogP contribution in [-0.2, 0) is 9.84 Å². The summed E-state index contributed by atoms with van der Waals surface area (Å²) in [5, 5.41) is 3.97. The second kappa shape index (κ2) is 5.57. The summed E-state index contributed by atoms with van der Waals surface area (Å²) in [5.74, 6) is 0. The van der Waals surface area contributed by atoms with Crippen molar-refractivity contribution in [1.29, 1.82) is 0 Å². The molecule has 1 aliphatic carbocycles. The van der Waals surface area contributed by atoms with Gasteiger partial charge in [0.25, 0.3) is 0 Å². The molecule has 1 aromatic carbocycles. The van der Waals surface area contributed by atoms with Gasteiger partial charge in [-0.2, -0.15) is 0 Å². The van der Waals surface area contributed by atoms with Crippen LogP contribution in [0, 0.1) is 5.41 Å². The van der Waals surface area contributed by atoms with Crippen LogP contribution in [0.3, 0.4) is 0 Å². The van der Waals surface area contributed by atoms with Crippen molar-refractivity contribution in [2.75, 3.05) is 11.6 Å². The average Bonchev–Trinajstić information content (AvgIpc) is 2.33. The van der Waals surface area contributed by atoms with Crippen LogP contribution < -0.4 is 5.32 Å². The lowest BCUT2D eigenvalue weighted by molar-refractivity contribution is 0.232.